The van der Waals surface area contributed by atoms with Crippen LogP contribution in [0.25, 0.3) is 0 Å². The number of pyridine rings is 1. The molecule has 0 atom stereocenters. The van der Waals surface area contributed by atoms with Crippen LogP contribution in [-0.2, 0) is 10.0 Å². The fourth-order valence-corrected chi connectivity index (χ4v) is 3.34. The molecule has 1 fully saturated rings. The molecule has 2 rings (SSSR count). The van der Waals surface area contributed by atoms with Crippen LogP contribution in [-0.4, -0.2) is 36.8 Å². The minimum Gasteiger partial charge on any atom is -0.329 e. The Labute approximate surface area is 99.5 Å². The molecule has 0 saturated heterocycles. The maximum Gasteiger partial charge on any atom is 0.263 e. The standard InChI is InChI=1S/C10H14FN3O2S/c11-9-2-1-6-13-10(9)17(15,16)14(7-5-12)8-3-4-8/h1-2,6,8H,3-5,7,12H2. The highest BCUT2D eigenvalue weighted by Gasteiger charge is 2.39. The van der Waals surface area contributed by atoms with Gasteiger partial charge in [-0.25, -0.2) is 17.8 Å². The molecule has 0 unspecified atom stereocenters. The molecule has 0 amide bonds. The Bertz CT molecular complexity index is 502. The number of nitrogens with two attached hydrogens (primary N) is 1. The SMILES string of the molecule is NCCN(C1CC1)S(=O)(=O)c1ncccc1F. The van der Waals surface area contributed by atoms with Gasteiger partial charge in [-0.2, -0.15) is 4.31 Å². The molecule has 17 heavy (non-hydrogen) atoms. The minimum absolute atomic E-state index is 0.0510. The van der Waals surface area contributed by atoms with Crippen molar-refractivity contribution in [2.24, 2.45) is 5.73 Å². The van der Waals surface area contributed by atoms with E-state index in [2.05, 4.69) is 4.98 Å². The lowest BCUT2D eigenvalue weighted by Crippen LogP contribution is -2.37. The molecule has 1 aliphatic rings. The van der Waals surface area contributed by atoms with Gasteiger partial charge in [-0.05, 0) is 25.0 Å². The zero-order chi connectivity index (χ0) is 12.5. The second-order valence-electron chi connectivity index (χ2n) is 3.93. The predicted molar refractivity (Wildman–Crippen MR) is 60.2 cm³/mol. The summed E-state index contributed by atoms with van der Waals surface area (Å²) >= 11 is 0. The van der Waals surface area contributed by atoms with Gasteiger partial charge in [0.1, 0.15) is 0 Å². The molecule has 2 N–H and O–H groups in total. The van der Waals surface area contributed by atoms with E-state index >= 15 is 0 Å². The molecule has 0 radical (unpaired) electrons. The molecule has 7 heteroatoms. The average Bonchev–Trinajstić information content (AvgIpc) is 3.10. The third kappa shape index (κ3) is 2.46. The summed E-state index contributed by atoms with van der Waals surface area (Å²) in [5.41, 5.74) is 5.39. The van der Waals surface area contributed by atoms with Crippen molar-refractivity contribution < 1.29 is 12.8 Å². The third-order valence-corrected chi connectivity index (χ3v) is 4.47. The second kappa shape index (κ2) is 4.67. The van der Waals surface area contributed by atoms with Gasteiger partial charge in [-0.15, -0.1) is 0 Å². The Kier molecular flexibility index (Phi) is 3.41. The highest BCUT2D eigenvalue weighted by Crippen LogP contribution is 2.31. The fraction of sp³-hybridized carbons (Fsp3) is 0.500. The summed E-state index contributed by atoms with van der Waals surface area (Å²) in [4.78, 5) is 3.62. The smallest absolute Gasteiger partial charge is 0.263 e. The molecular formula is C10H14FN3O2S. The van der Waals surface area contributed by atoms with Crippen molar-refractivity contribution in [3.8, 4) is 0 Å². The van der Waals surface area contributed by atoms with Crippen LogP contribution >= 0.6 is 0 Å². The highest BCUT2D eigenvalue weighted by atomic mass is 32.2. The van der Waals surface area contributed by atoms with E-state index in [0.717, 1.165) is 18.9 Å². The van der Waals surface area contributed by atoms with Gasteiger partial charge >= 0.3 is 0 Å². The minimum atomic E-state index is -3.86. The lowest BCUT2D eigenvalue weighted by Gasteiger charge is -2.20. The largest absolute Gasteiger partial charge is 0.329 e. The molecule has 1 heterocycles. The summed E-state index contributed by atoms with van der Waals surface area (Å²) in [6, 6.07) is 2.40. The second-order valence-corrected chi connectivity index (χ2v) is 5.73. The van der Waals surface area contributed by atoms with Gasteiger partial charge < -0.3 is 5.73 Å². The highest BCUT2D eigenvalue weighted by molar-refractivity contribution is 7.89. The molecule has 1 aliphatic carbocycles. The first-order valence-corrected chi connectivity index (χ1v) is 6.84. The van der Waals surface area contributed by atoms with Crippen molar-refractivity contribution in [2.45, 2.75) is 23.9 Å². The number of sulfonamides is 1. The first-order chi connectivity index (χ1) is 8.07. The van der Waals surface area contributed by atoms with Crippen molar-refractivity contribution in [2.75, 3.05) is 13.1 Å². The number of nitrogens with zero attached hydrogens (tertiary/aromatic N) is 2. The quantitative estimate of drug-likeness (QED) is 0.827. The Morgan fingerprint density at radius 2 is 2.24 bits per heavy atom. The van der Waals surface area contributed by atoms with Gasteiger partial charge in [0.25, 0.3) is 10.0 Å². The summed E-state index contributed by atoms with van der Waals surface area (Å²) in [6.07, 6.45) is 2.87. The maximum absolute atomic E-state index is 13.5. The van der Waals surface area contributed by atoms with Crippen LogP contribution in [0.15, 0.2) is 23.4 Å². The van der Waals surface area contributed by atoms with Crippen molar-refractivity contribution >= 4 is 10.0 Å². The lowest BCUT2D eigenvalue weighted by atomic mass is 10.5. The van der Waals surface area contributed by atoms with Gasteiger partial charge in [0.15, 0.2) is 5.82 Å². The Hall–Kier alpha value is -1.05. The van der Waals surface area contributed by atoms with Crippen molar-refractivity contribution in [1.82, 2.24) is 9.29 Å². The molecule has 1 saturated carbocycles. The van der Waals surface area contributed by atoms with Gasteiger partial charge in [0, 0.05) is 25.3 Å². The molecule has 1 aromatic heterocycles. The van der Waals surface area contributed by atoms with Gasteiger partial charge in [0.2, 0.25) is 5.03 Å². The number of hydrogen-bond acceptors (Lipinski definition) is 4. The molecule has 5 nitrogen and oxygen atoms in total. The average molecular weight is 259 g/mol. The fourth-order valence-electron chi connectivity index (χ4n) is 1.66. The Balaban J connectivity index is 2.37. The van der Waals surface area contributed by atoms with Crippen LogP contribution in [0.1, 0.15) is 12.8 Å². The molecule has 0 aromatic carbocycles. The van der Waals surface area contributed by atoms with E-state index < -0.39 is 20.9 Å². The Morgan fingerprint density at radius 3 is 2.76 bits per heavy atom. The maximum atomic E-state index is 13.5. The molecule has 94 valence electrons. The number of halogens is 1. The monoisotopic (exact) mass is 259 g/mol. The topological polar surface area (TPSA) is 76.3 Å². The van der Waals surface area contributed by atoms with Gasteiger partial charge in [-0.1, -0.05) is 0 Å². The first-order valence-electron chi connectivity index (χ1n) is 5.40. The number of rotatable bonds is 5. The summed E-state index contributed by atoms with van der Waals surface area (Å²) in [7, 11) is -3.86. The zero-order valence-electron chi connectivity index (χ0n) is 9.21. The summed E-state index contributed by atoms with van der Waals surface area (Å²) in [5, 5.41) is -0.514. The summed E-state index contributed by atoms with van der Waals surface area (Å²) in [5.74, 6) is -0.824. The van der Waals surface area contributed by atoms with Crippen LogP contribution in [0.5, 0.6) is 0 Å². The van der Waals surface area contributed by atoms with E-state index in [1.165, 1.54) is 16.6 Å². The van der Waals surface area contributed by atoms with E-state index in [1.54, 1.807) is 0 Å². The molecule has 0 bridgehead atoms. The van der Waals surface area contributed by atoms with Crippen molar-refractivity contribution in [3.63, 3.8) is 0 Å². The first kappa shape index (κ1) is 12.4. The third-order valence-electron chi connectivity index (χ3n) is 2.58. The van der Waals surface area contributed by atoms with Crippen molar-refractivity contribution in [1.29, 1.82) is 0 Å². The van der Waals surface area contributed by atoms with E-state index in [0.29, 0.717) is 0 Å². The number of aromatic nitrogens is 1. The summed E-state index contributed by atoms with van der Waals surface area (Å²) in [6.45, 7) is 0.410. The lowest BCUT2D eigenvalue weighted by molar-refractivity contribution is 0.404. The molecular weight excluding hydrogens is 245 g/mol. The van der Waals surface area contributed by atoms with Crippen molar-refractivity contribution in [3.05, 3.63) is 24.1 Å². The molecule has 0 spiro atoms. The Morgan fingerprint density at radius 1 is 1.53 bits per heavy atom. The van der Waals surface area contributed by atoms with Gasteiger partial charge in [0.05, 0.1) is 0 Å². The van der Waals surface area contributed by atoms with Crippen LogP contribution in [0.3, 0.4) is 0 Å². The van der Waals surface area contributed by atoms with Crippen LogP contribution in [0, 0.1) is 5.82 Å². The van der Waals surface area contributed by atoms with Crippen LogP contribution < -0.4 is 5.73 Å². The normalized spacial score (nSPS) is 16.4. The summed E-state index contributed by atoms with van der Waals surface area (Å²) < 4.78 is 39.1. The zero-order valence-corrected chi connectivity index (χ0v) is 10.0. The van der Waals surface area contributed by atoms with E-state index in [4.69, 9.17) is 5.73 Å². The number of hydrogen-bond donors (Lipinski definition) is 1. The molecule has 1 aromatic rings. The predicted octanol–water partition coefficient (Wildman–Crippen LogP) is 0.333. The van der Waals surface area contributed by atoms with Gasteiger partial charge in [-0.3, -0.25) is 0 Å². The molecule has 0 aliphatic heterocycles. The van der Waals surface area contributed by atoms with Crippen LogP contribution in [0.2, 0.25) is 0 Å². The van der Waals surface area contributed by atoms with Crippen LogP contribution in [0.4, 0.5) is 4.39 Å². The van der Waals surface area contributed by atoms with E-state index in [-0.39, 0.29) is 19.1 Å². The van der Waals surface area contributed by atoms with E-state index in [9.17, 15) is 12.8 Å². The van der Waals surface area contributed by atoms with E-state index in [1.807, 2.05) is 0 Å².